The molecule has 1 aromatic heterocycles. The first-order chi connectivity index (χ1) is 20.5. The maximum atomic E-state index is 14.1. The second kappa shape index (κ2) is 11.7. The van der Waals surface area contributed by atoms with Gasteiger partial charge in [0.2, 0.25) is 5.91 Å². The summed E-state index contributed by atoms with van der Waals surface area (Å²) in [6.07, 6.45) is 4.13. The Morgan fingerprint density at radius 2 is 1.90 bits per heavy atom. The number of hydrogen-bond acceptors (Lipinski definition) is 7. The molecule has 0 saturated heterocycles. The highest BCUT2D eigenvalue weighted by molar-refractivity contribution is 9.10. The third kappa shape index (κ3) is 5.35. The van der Waals surface area contributed by atoms with Crippen molar-refractivity contribution in [3.8, 4) is 28.8 Å². The first-order valence-electron chi connectivity index (χ1n) is 13.6. The number of imidazole rings is 1. The van der Waals surface area contributed by atoms with Crippen LogP contribution >= 0.6 is 15.9 Å². The van der Waals surface area contributed by atoms with Crippen LogP contribution in [0, 0.1) is 11.3 Å². The van der Waals surface area contributed by atoms with Crippen LogP contribution in [0.15, 0.2) is 76.3 Å². The van der Waals surface area contributed by atoms with Crippen molar-refractivity contribution < 1.29 is 14.3 Å². The normalized spacial score (nSPS) is 15.5. The van der Waals surface area contributed by atoms with Gasteiger partial charge in [0.15, 0.2) is 0 Å². The number of amides is 1. The van der Waals surface area contributed by atoms with Gasteiger partial charge in [-0.2, -0.15) is 5.26 Å². The van der Waals surface area contributed by atoms with Crippen LogP contribution in [-0.2, 0) is 24.4 Å². The van der Waals surface area contributed by atoms with Gasteiger partial charge in [0, 0.05) is 29.2 Å². The molecule has 0 aliphatic carbocycles. The van der Waals surface area contributed by atoms with E-state index in [9.17, 15) is 10.1 Å². The van der Waals surface area contributed by atoms with Crippen molar-refractivity contribution in [2.24, 2.45) is 4.99 Å². The lowest BCUT2D eigenvalue weighted by atomic mass is 10.1. The fourth-order valence-electron chi connectivity index (χ4n) is 5.53. The molecule has 3 heterocycles. The number of aliphatic imine (C=N–C) groups is 1. The Balaban J connectivity index is 1.26. The maximum absolute atomic E-state index is 14.1. The highest BCUT2D eigenvalue weighted by atomic mass is 79.9. The SMILES string of the molecule is COc1cc(CN2C=NCC2CC(=O)N2Cc3nc(-c4ccccc4OC)cn3Cc3ccc(Br)cc32)ccc1C#N. The molecule has 2 aliphatic rings. The number of aromatic nitrogens is 2. The fourth-order valence-corrected chi connectivity index (χ4v) is 5.88. The first kappa shape index (κ1) is 27.5. The minimum Gasteiger partial charge on any atom is -0.496 e. The predicted octanol–water partition coefficient (Wildman–Crippen LogP) is 5.40. The molecule has 1 unspecified atom stereocenters. The number of hydrogen-bond donors (Lipinski definition) is 0. The number of anilines is 1. The van der Waals surface area contributed by atoms with E-state index in [1.165, 1.54) is 0 Å². The van der Waals surface area contributed by atoms with Crippen LogP contribution in [0.3, 0.4) is 0 Å². The van der Waals surface area contributed by atoms with Crippen LogP contribution in [0.25, 0.3) is 11.3 Å². The van der Waals surface area contributed by atoms with Gasteiger partial charge in [-0.3, -0.25) is 9.79 Å². The van der Waals surface area contributed by atoms with E-state index in [0.29, 0.717) is 43.9 Å². The molecule has 42 heavy (non-hydrogen) atoms. The quantitative estimate of drug-likeness (QED) is 0.273. The average molecular weight is 626 g/mol. The highest BCUT2D eigenvalue weighted by Gasteiger charge is 2.31. The van der Waals surface area contributed by atoms with E-state index in [-0.39, 0.29) is 11.9 Å². The maximum Gasteiger partial charge on any atom is 0.229 e. The lowest BCUT2D eigenvalue weighted by Crippen LogP contribution is -2.39. The number of carbonyl (C=O) groups excluding carboxylic acids is 1. The summed E-state index contributed by atoms with van der Waals surface area (Å²) in [4.78, 5) is 27.5. The Hall–Kier alpha value is -4.62. The summed E-state index contributed by atoms with van der Waals surface area (Å²) in [5, 5.41) is 9.32. The Morgan fingerprint density at radius 1 is 1.07 bits per heavy atom. The molecule has 1 amide bonds. The number of carbonyl (C=O) groups is 1. The molecule has 3 aromatic carbocycles. The third-order valence-electron chi connectivity index (χ3n) is 7.70. The van der Waals surface area contributed by atoms with Gasteiger partial charge in [-0.15, -0.1) is 0 Å². The van der Waals surface area contributed by atoms with E-state index in [2.05, 4.69) is 42.5 Å². The summed E-state index contributed by atoms with van der Waals surface area (Å²) in [6.45, 7) is 2.03. The van der Waals surface area contributed by atoms with Crippen LogP contribution in [0.1, 0.15) is 28.9 Å². The predicted molar refractivity (Wildman–Crippen MR) is 164 cm³/mol. The molecule has 10 heteroatoms. The topological polar surface area (TPSA) is 96.0 Å². The fraction of sp³-hybridized carbons (Fsp3) is 0.250. The molecule has 2 aliphatic heterocycles. The molecule has 0 saturated carbocycles. The highest BCUT2D eigenvalue weighted by Crippen LogP contribution is 2.34. The number of fused-ring (bicyclic) bond motifs is 2. The van der Waals surface area contributed by atoms with Crippen molar-refractivity contribution in [2.75, 3.05) is 25.7 Å². The molecule has 212 valence electrons. The number of nitriles is 1. The molecule has 9 nitrogen and oxygen atoms in total. The average Bonchev–Trinajstić information content (AvgIpc) is 3.58. The number of methoxy groups -OCH3 is 2. The van der Waals surface area contributed by atoms with E-state index in [1.807, 2.05) is 66.0 Å². The van der Waals surface area contributed by atoms with Crippen molar-refractivity contribution in [3.63, 3.8) is 0 Å². The van der Waals surface area contributed by atoms with Gasteiger partial charge in [-0.05, 0) is 47.5 Å². The molecular formula is C32H29BrN6O3. The summed E-state index contributed by atoms with van der Waals surface area (Å²) in [5.41, 5.74) is 5.10. The van der Waals surface area contributed by atoms with Crippen LogP contribution in [0.4, 0.5) is 5.69 Å². The van der Waals surface area contributed by atoms with Gasteiger partial charge in [-0.1, -0.05) is 40.2 Å². The van der Waals surface area contributed by atoms with Crippen molar-refractivity contribution in [1.29, 1.82) is 5.26 Å². The standard InChI is InChI=1S/C32H29BrN6O3/c1-41-29-6-4-3-5-26(29)27-18-37-17-23-9-10-24(33)12-28(23)39(19-31(37)36-27)32(40)13-25-15-35-20-38(25)16-21-7-8-22(14-34)30(11-21)42-2/h3-12,18,20,25H,13,15-17,19H2,1-2H3. The zero-order valence-electron chi connectivity index (χ0n) is 23.3. The number of para-hydroxylation sites is 1. The zero-order valence-corrected chi connectivity index (χ0v) is 24.9. The minimum atomic E-state index is -0.0955. The summed E-state index contributed by atoms with van der Waals surface area (Å²) in [6, 6.07) is 21.5. The lowest BCUT2D eigenvalue weighted by molar-refractivity contribution is -0.119. The van der Waals surface area contributed by atoms with Crippen LogP contribution in [0.2, 0.25) is 0 Å². The van der Waals surface area contributed by atoms with Crippen LogP contribution < -0.4 is 14.4 Å². The van der Waals surface area contributed by atoms with Crippen molar-refractivity contribution in [3.05, 3.63) is 93.8 Å². The van der Waals surface area contributed by atoms with Crippen LogP contribution in [0.5, 0.6) is 11.5 Å². The molecule has 0 fully saturated rings. The number of halogens is 1. The molecule has 6 rings (SSSR count). The van der Waals surface area contributed by atoms with E-state index in [1.54, 1.807) is 20.3 Å². The lowest BCUT2D eigenvalue weighted by Gasteiger charge is -2.28. The Morgan fingerprint density at radius 3 is 2.71 bits per heavy atom. The third-order valence-corrected chi connectivity index (χ3v) is 8.19. The van der Waals surface area contributed by atoms with Gasteiger partial charge in [0.05, 0.1) is 63.2 Å². The number of nitrogens with zero attached hydrogens (tertiary/aromatic N) is 6. The molecule has 0 bridgehead atoms. The largest absolute Gasteiger partial charge is 0.496 e. The van der Waals surface area contributed by atoms with Gasteiger partial charge in [0.25, 0.3) is 0 Å². The molecule has 1 atom stereocenters. The number of benzene rings is 3. The van der Waals surface area contributed by atoms with E-state index in [0.717, 1.165) is 44.1 Å². The van der Waals surface area contributed by atoms with Gasteiger partial charge >= 0.3 is 0 Å². The Labute approximate surface area is 252 Å². The number of rotatable bonds is 7. The monoisotopic (exact) mass is 624 g/mol. The Bertz CT molecular complexity index is 1730. The first-order valence-corrected chi connectivity index (χ1v) is 14.4. The Kier molecular flexibility index (Phi) is 7.68. The van der Waals surface area contributed by atoms with Gasteiger partial charge < -0.3 is 23.8 Å². The van der Waals surface area contributed by atoms with E-state index < -0.39 is 0 Å². The molecule has 0 spiro atoms. The summed E-state index contributed by atoms with van der Waals surface area (Å²) in [7, 11) is 3.21. The van der Waals surface area contributed by atoms with E-state index >= 15 is 0 Å². The molecular weight excluding hydrogens is 596 g/mol. The van der Waals surface area contributed by atoms with Gasteiger partial charge in [0.1, 0.15) is 23.4 Å². The zero-order chi connectivity index (χ0) is 29.2. The minimum absolute atomic E-state index is 0.00236. The number of ether oxygens (including phenoxy) is 2. The smallest absolute Gasteiger partial charge is 0.229 e. The molecule has 0 N–H and O–H groups in total. The van der Waals surface area contributed by atoms with Crippen molar-refractivity contribution in [1.82, 2.24) is 14.5 Å². The molecule has 4 aromatic rings. The summed E-state index contributed by atoms with van der Waals surface area (Å²) >= 11 is 3.60. The second-order valence-corrected chi connectivity index (χ2v) is 11.2. The molecule has 0 radical (unpaired) electrons. The summed E-state index contributed by atoms with van der Waals surface area (Å²) in [5.74, 6) is 2.10. The van der Waals surface area contributed by atoms with Crippen molar-refractivity contribution in [2.45, 2.75) is 32.1 Å². The summed E-state index contributed by atoms with van der Waals surface area (Å²) < 4.78 is 14.0. The van der Waals surface area contributed by atoms with Crippen molar-refractivity contribution >= 4 is 33.9 Å². The second-order valence-electron chi connectivity index (χ2n) is 10.3. The van der Waals surface area contributed by atoms with Gasteiger partial charge in [-0.25, -0.2) is 4.98 Å². The van der Waals surface area contributed by atoms with Crippen LogP contribution in [-0.4, -0.2) is 53.5 Å². The van der Waals surface area contributed by atoms with E-state index in [4.69, 9.17) is 14.5 Å².